The van der Waals surface area contributed by atoms with Crippen LogP contribution in [0.4, 0.5) is 0 Å². The van der Waals surface area contributed by atoms with Crippen molar-refractivity contribution in [1.29, 1.82) is 0 Å². The van der Waals surface area contributed by atoms with E-state index in [0.717, 1.165) is 11.1 Å². The lowest BCUT2D eigenvalue weighted by molar-refractivity contribution is 0.101. The number of carbonyl (C=O) groups is 1. The van der Waals surface area contributed by atoms with Gasteiger partial charge in [-0.1, -0.05) is 52.0 Å². The highest BCUT2D eigenvalue weighted by molar-refractivity contribution is 6.02. The molecule has 19 heavy (non-hydrogen) atoms. The molecule has 0 spiro atoms. The molecule has 0 unspecified atom stereocenters. The SMILES string of the molecule is CC.CC.CC(=O)c1cc(C)c2ccccc2c1C. The van der Waals surface area contributed by atoms with Gasteiger partial charge in [0, 0.05) is 5.56 Å². The number of ketones is 1. The highest BCUT2D eigenvalue weighted by Gasteiger charge is 2.09. The molecule has 0 heterocycles. The largest absolute Gasteiger partial charge is 0.295 e. The lowest BCUT2D eigenvalue weighted by Gasteiger charge is -2.09. The van der Waals surface area contributed by atoms with Crippen LogP contribution in [0.1, 0.15) is 56.1 Å². The summed E-state index contributed by atoms with van der Waals surface area (Å²) in [6.07, 6.45) is 0. The first kappa shape index (κ1) is 17.4. The third kappa shape index (κ3) is 3.92. The minimum atomic E-state index is 0.140. The Morgan fingerprint density at radius 3 is 1.84 bits per heavy atom. The molecule has 2 aromatic carbocycles. The van der Waals surface area contributed by atoms with Gasteiger partial charge in [-0.3, -0.25) is 4.79 Å². The second-order valence-corrected chi connectivity index (χ2v) is 3.97. The molecule has 0 saturated carbocycles. The minimum absolute atomic E-state index is 0.140. The number of rotatable bonds is 1. The summed E-state index contributed by atoms with van der Waals surface area (Å²) in [5.41, 5.74) is 3.09. The lowest BCUT2D eigenvalue weighted by Crippen LogP contribution is -1.98. The number of hydrogen-bond acceptors (Lipinski definition) is 1. The standard InChI is InChI=1S/C14H14O.2C2H6/c1-9-8-14(11(3)15)10(2)13-7-5-4-6-12(9)13;2*1-2/h4-8H,1-3H3;2*1-2H3. The summed E-state index contributed by atoms with van der Waals surface area (Å²) >= 11 is 0. The van der Waals surface area contributed by atoms with Gasteiger partial charge >= 0.3 is 0 Å². The highest BCUT2D eigenvalue weighted by atomic mass is 16.1. The average Bonchev–Trinajstić information content (AvgIpc) is 2.47. The fourth-order valence-corrected chi connectivity index (χ4v) is 2.07. The molecule has 1 nitrogen and oxygen atoms in total. The third-order valence-corrected chi connectivity index (χ3v) is 2.90. The van der Waals surface area contributed by atoms with Crippen LogP contribution in [0, 0.1) is 13.8 Å². The summed E-state index contributed by atoms with van der Waals surface area (Å²) in [6.45, 7) is 13.7. The lowest BCUT2D eigenvalue weighted by atomic mass is 9.94. The smallest absolute Gasteiger partial charge is 0.160 e. The Morgan fingerprint density at radius 2 is 1.37 bits per heavy atom. The minimum Gasteiger partial charge on any atom is -0.295 e. The molecular formula is C18H26O. The number of benzene rings is 2. The van der Waals surface area contributed by atoms with Gasteiger partial charge in [0.1, 0.15) is 0 Å². The molecule has 104 valence electrons. The van der Waals surface area contributed by atoms with Crippen molar-refractivity contribution in [2.45, 2.75) is 48.5 Å². The average molecular weight is 258 g/mol. The molecule has 0 bridgehead atoms. The van der Waals surface area contributed by atoms with Crippen molar-refractivity contribution in [3.05, 3.63) is 47.0 Å². The maximum Gasteiger partial charge on any atom is 0.160 e. The van der Waals surface area contributed by atoms with E-state index in [1.807, 2.05) is 59.7 Å². The zero-order chi connectivity index (χ0) is 15.0. The molecule has 2 rings (SSSR count). The quantitative estimate of drug-likeness (QED) is 0.598. The number of Topliss-reactive ketones (excluding diaryl/α,β-unsaturated/α-hetero) is 1. The van der Waals surface area contributed by atoms with Crippen LogP contribution in [0.2, 0.25) is 0 Å². The van der Waals surface area contributed by atoms with E-state index in [-0.39, 0.29) is 5.78 Å². The zero-order valence-corrected chi connectivity index (χ0v) is 13.3. The van der Waals surface area contributed by atoms with Crippen LogP contribution in [0.25, 0.3) is 10.8 Å². The van der Waals surface area contributed by atoms with E-state index in [1.54, 1.807) is 6.92 Å². The summed E-state index contributed by atoms with van der Waals surface area (Å²) in [5, 5.41) is 2.42. The van der Waals surface area contributed by atoms with Crippen molar-refractivity contribution in [2.75, 3.05) is 0 Å². The summed E-state index contributed by atoms with van der Waals surface area (Å²) in [6, 6.07) is 10.2. The Kier molecular flexibility index (Phi) is 7.74. The van der Waals surface area contributed by atoms with Gasteiger partial charge < -0.3 is 0 Å². The first-order valence-electron chi connectivity index (χ1n) is 7.11. The maximum absolute atomic E-state index is 11.5. The number of fused-ring (bicyclic) bond motifs is 1. The molecular weight excluding hydrogens is 232 g/mol. The van der Waals surface area contributed by atoms with Crippen molar-refractivity contribution >= 4 is 16.6 Å². The van der Waals surface area contributed by atoms with Crippen LogP contribution in [0.5, 0.6) is 0 Å². The Bertz CT molecular complexity index is 539. The fourth-order valence-electron chi connectivity index (χ4n) is 2.07. The van der Waals surface area contributed by atoms with E-state index in [0.29, 0.717) is 0 Å². The van der Waals surface area contributed by atoms with Gasteiger partial charge in [-0.15, -0.1) is 0 Å². The number of hydrogen-bond donors (Lipinski definition) is 0. The van der Waals surface area contributed by atoms with Crippen LogP contribution < -0.4 is 0 Å². The molecule has 0 atom stereocenters. The molecule has 2 aromatic rings. The van der Waals surface area contributed by atoms with Crippen molar-refractivity contribution in [1.82, 2.24) is 0 Å². The highest BCUT2D eigenvalue weighted by Crippen LogP contribution is 2.25. The van der Waals surface area contributed by atoms with Gasteiger partial charge in [-0.05, 0) is 48.7 Å². The maximum atomic E-state index is 11.5. The van der Waals surface area contributed by atoms with Gasteiger partial charge in [-0.2, -0.15) is 0 Å². The first-order valence-corrected chi connectivity index (χ1v) is 7.11. The Balaban J connectivity index is 0.000000741. The molecule has 1 heteroatoms. The predicted molar refractivity (Wildman–Crippen MR) is 86.1 cm³/mol. The summed E-state index contributed by atoms with van der Waals surface area (Å²) in [4.78, 5) is 11.5. The van der Waals surface area contributed by atoms with Crippen molar-refractivity contribution in [3.63, 3.8) is 0 Å². The van der Waals surface area contributed by atoms with Crippen molar-refractivity contribution in [3.8, 4) is 0 Å². The van der Waals surface area contributed by atoms with Gasteiger partial charge in [-0.25, -0.2) is 0 Å². The number of aryl methyl sites for hydroxylation is 2. The van der Waals surface area contributed by atoms with E-state index < -0.39 is 0 Å². The molecule has 0 saturated heterocycles. The summed E-state index contributed by atoms with van der Waals surface area (Å²) < 4.78 is 0. The Morgan fingerprint density at radius 1 is 0.895 bits per heavy atom. The van der Waals surface area contributed by atoms with Gasteiger partial charge in [0.05, 0.1) is 0 Å². The van der Waals surface area contributed by atoms with Crippen LogP contribution in [-0.4, -0.2) is 5.78 Å². The van der Waals surface area contributed by atoms with Crippen LogP contribution in [0.15, 0.2) is 30.3 Å². The van der Waals surface area contributed by atoms with E-state index in [9.17, 15) is 4.79 Å². The molecule has 0 aromatic heterocycles. The molecule has 0 N–H and O–H groups in total. The zero-order valence-electron chi connectivity index (χ0n) is 13.3. The summed E-state index contributed by atoms with van der Waals surface area (Å²) in [7, 11) is 0. The molecule has 0 aliphatic carbocycles. The topological polar surface area (TPSA) is 17.1 Å². The monoisotopic (exact) mass is 258 g/mol. The van der Waals surface area contributed by atoms with Crippen molar-refractivity contribution in [2.24, 2.45) is 0 Å². The molecule has 0 amide bonds. The Hall–Kier alpha value is -1.63. The van der Waals surface area contributed by atoms with E-state index in [1.165, 1.54) is 16.3 Å². The third-order valence-electron chi connectivity index (χ3n) is 2.90. The first-order chi connectivity index (χ1) is 9.11. The van der Waals surface area contributed by atoms with Gasteiger partial charge in [0.2, 0.25) is 0 Å². The van der Waals surface area contributed by atoms with Gasteiger partial charge in [0.25, 0.3) is 0 Å². The van der Waals surface area contributed by atoms with E-state index in [2.05, 4.69) is 12.1 Å². The van der Waals surface area contributed by atoms with Gasteiger partial charge in [0.15, 0.2) is 5.78 Å². The van der Waals surface area contributed by atoms with Crippen molar-refractivity contribution < 1.29 is 4.79 Å². The summed E-state index contributed by atoms with van der Waals surface area (Å²) in [5.74, 6) is 0.140. The molecule has 0 fully saturated rings. The van der Waals surface area contributed by atoms with Crippen LogP contribution >= 0.6 is 0 Å². The van der Waals surface area contributed by atoms with Crippen LogP contribution in [-0.2, 0) is 0 Å². The molecule has 0 radical (unpaired) electrons. The van der Waals surface area contributed by atoms with E-state index in [4.69, 9.17) is 0 Å². The number of carbonyl (C=O) groups excluding carboxylic acids is 1. The normalized spacial score (nSPS) is 9.00. The second kappa shape index (κ2) is 8.47. The van der Waals surface area contributed by atoms with Crippen LogP contribution in [0.3, 0.4) is 0 Å². The molecule has 0 aliphatic heterocycles. The molecule has 0 aliphatic rings. The van der Waals surface area contributed by atoms with E-state index >= 15 is 0 Å². The fraction of sp³-hybridized carbons (Fsp3) is 0.389. The predicted octanol–water partition coefficient (Wildman–Crippen LogP) is 5.71. The Labute approximate surface area is 117 Å². The second-order valence-electron chi connectivity index (χ2n) is 3.97.